The van der Waals surface area contributed by atoms with Crippen LogP contribution in [0.2, 0.25) is 10.0 Å². The van der Waals surface area contributed by atoms with Crippen molar-refractivity contribution < 1.29 is 4.79 Å². The van der Waals surface area contributed by atoms with Crippen LogP contribution in [-0.2, 0) is 0 Å². The topological polar surface area (TPSA) is 105 Å². The number of rotatable bonds is 5. The predicted molar refractivity (Wildman–Crippen MR) is 104 cm³/mol. The molecule has 0 saturated heterocycles. The van der Waals surface area contributed by atoms with Gasteiger partial charge in [-0.3, -0.25) is 15.6 Å². The number of hydrogen-bond acceptors (Lipinski definition) is 6. The summed E-state index contributed by atoms with van der Waals surface area (Å²) < 4.78 is 0. The first-order valence-electron chi connectivity index (χ1n) is 7.48. The summed E-state index contributed by atoms with van der Waals surface area (Å²) in [6.07, 6.45) is 1.31. The number of carbonyl (C=O) groups excluding carboxylic acids is 1. The van der Waals surface area contributed by atoms with Crippen molar-refractivity contribution in [3.63, 3.8) is 0 Å². The van der Waals surface area contributed by atoms with Crippen molar-refractivity contribution in [2.45, 2.75) is 0 Å². The number of hydrogen-bond donors (Lipinski definition) is 4. The Labute approximate surface area is 159 Å². The van der Waals surface area contributed by atoms with Crippen molar-refractivity contribution in [3.8, 4) is 0 Å². The summed E-state index contributed by atoms with van der Waals surface area (Å²) in [6, 6.07) is 13.8. The molecule has 3 aromatic rings. The van der Waals surface area contributed by atoms with Crippen LogP contribution in [0, 0.1) is 0 Å². The molecule has 26 heavy (non-hydrogen) atoms. The lowest BCUT2D eigenvalue weighted by atomic mass is 10.2. The zero-order valence-corrected chi connectivity index (χ0v) is 14.8. The number of benzene rings is 2. The average Bonchev–Trinajstić information content (AvgIpc) is 2.62. The number of anilines is 4. The summed E-state index contributed by atoms with van der Waals surface area (Å²) >= 11 is 12.0. The molecule has 0 aliphatic carbocycles. The zero-order valence-electron chi connectivity index (χ0n) is 13.3. The highest BCUT2D eigenvalue weighted by atomic mass is 35.5. The van der Waals surface area contributed by atoms with Gasteiger partial charge >= 0.3 is 0 Å². The maximum atomic E-state index is 12.2. The summed E-state index contributed by atoms with van der Waals surface area (Å²) in [4.78, 5) is 20.3. The monoisotopic (exact) mass is 388 g/mol. The summed E-state index contributed by atoms with van der Waals surface area (Å²) in [5, 5.41) is 3.96. The van der Waals surface area contributed by atoms with E-state index in [1.54, 1.807) is 42.5 Å². The molecule has 0 spiro atoms. The number of aromatic nitrogens is 2. The first-order valence-corrected chi connectivity index (χ1v) is 8.24. The lowest BCUT2D eigenvalue weighted by Gasteiger charge is -2.13. The third-order valence-electron chi connectivity index (χ3n) is 3.38. The summed E-state index contributed by atoms with van der Waals surface area (Å²) in [5.74, 6) is 0.194. The molecule has 1 heterocycles. The van der Waals surface area contributed by atoms with Gasteiger partial charge in [0.1, 0.15) is 12.0 Å². The summed E-state index contributed by atoms with van der Waals surface area (Å²) in [7, 11) is 0. The fraction of sp³-hybridized carbons (Fsp3) is 0. The van der Waals surface area contributed by atoms with E-state index >= 15 is 0 Å². The lowest BCUT2D eigenvalue weighted by Crippen LogP contribution is -2.30. The average molecular weight is 389 g/mol. The SMILES string of the molecule is Nc1c(NNC(=O)c2ccccc2Cl)ncnc1Nc1cccc(Cl)c1. The van der Waals surface area contributed by atoms with Gasteiger partial charge in [0.2, 0.25) is 0 Å². The Hall–Kier alpha value is -3.03. The number of carbonyl (C=O) groups is 1. The van der Waals surface area contributed by atoms with E-state index < -0.39 is 5.91 Å². The number of nitrogen functional groups attached to an aromatic ring is 1. The van der Waals surface area contributed by atoms with Gasteiger partial charge in [-0.05, 0) is 30.3 Å². The Kier molecular flexibility index (Phi) is 5.40. The van der Waals surface area contributed by atoms with Crippen molar-refractivity contribution >= 4 is 52.1 Å². The van der Waals surface area contributed by atoms with Crippen LogP contribution in [0.4, 0.5) is 23.0 Å². The van der Waals surface area contributed by atoms with Crippen LogP contribution in [0.1, 0.15) is 10.4 Å². The number of nitrogens with zero attached hydrogens (tertiary/aromatic N) is 2. The second kappa shape index (κ2) is 7.90. The maximum absolute atomic E-state index is 12.2. The van der Waals surface area contributed by atoms with Crippen LogP contribution in [0.3, 0.4) is 0 Å². The Morgan fingerprint density at radius 1 is 1.00 bits per heavy atom. The van der Waals surface area contributed by atoms with Gasteiger partial charge in [0.25, 0.3) is 5.91 Å². The van der Waals surface area contributed by atoms with E-state index in [-0.39, 0.29) is 11.5 Å². The number of nitrogens with two attached hydrogens (primary N) is 1. The van der Waals surface area contributed by atoms with Crippen LogP contribution >= 0.6 is 23.2 Å². The molecular formula is C17H14Cl2N6O. The molecule has 0 fully saturated rings. The van der Waals surface area contributed by atoms with Crippen LogP contribution < -0.4 is 21.9 Å². The molecule has 5 N–H and O–H groups in total. The molecular weight excluding hydrogens is 375 g/mol. The third-order valence-corrected chi connectivity index (χ3v) is 3.95. The van der Waals surface area contributed by atoms with Gasteiger partial charge in [-0.2, -0.15) is 0 Å². The van der Waals surface area contributed by atoms with Gasteiger partial charge in [0.15, 0.2) is 11.6 Å². The van der Waals surface area contributed by atoms with Crippen LogP contribution in [0.5, 0.6) is 0 Å². The smallest absolute Gasteiger partial charge is 0.271 e. The van der Waals surface area contributed by atoms with Gasteiger partial charge in [-0.25, -0.2) is 9.97 Å². The highest BCUT2D eigenvalue weighted by Gasteiger charge is 2.12. The summed E-state index contributed by atoms with van der Waals surface area (Å²) in [6.45, 7) is 0. The number of nitrogens with one attached hydrogen (secondary N) is 3. The van der Waals surface area contributed by atoms with Crippen molar-refractivity contribution in [2.24, 2.45) is 0 Å². The minimum absolute atomic E-state index is 0.229. The van der Waals surface area contributed by atoms with Gasteiger partial charge in [-0.15, -0.1) is 0 Å². The minimum atomic E-state index is -0.419. The third kappa shape index (κ3) is 4.14. The molecule has 2 aromatic carbocycles. The molecule has 132 valence electrons. The van der Waals surface area contributed by atoms with E-state index in [2.05, 4.69) is 26.1 Å². The summed E-state index contributed by atoms with van der Waals surface area (Å²) in [5.41, 5.74) is 12.5. The van der Waals surface area contributed by atoms with E-state index in [0.29, 0.717) is 27.1 Å². The van der Waals surface area contributed by atoms with Gasteiger partial charge in [-0.1, -0.05) is 41.4 Å². The van der Waals surface area contributed by atoms with Crippen molar-refractivity contribution in [1.82, 2.24) is 15.4 Å². The normalized spacial score (nSPS) is 10.2. The molecule has 0 unspecified atom stereocenters. The molecule has 3 rings (SSSR count). The van der Waals surface area contributed by atoms with Crippen LogP contribution in [0.15, 0.2) is 54.9 Å². The van der Waals surface area contributed by atoms with Crippen molar-refractivity contribution in [3.05, 3.63) is 70.5 Å². The van der Waals surface area contributed by atoms with Crippen molar-refractivity contribution in [2.75, 3.05) is 16.5 Å². The molecule has 9 heteroatoms. The van der Waals surface area contributed by atoms with E-state index in [0.717, 1.165) is 0 Å². The Morgan fingerprint density at radius 2 is 1.77 bits per heavy atom. The highest BCUT2D eigenvalue weighted by Crippen LogP contribution is 2.26. The van der Waals surface area contributed by atoms with Gasteiger partial charge in [0, 0.05) is 10.7 Å². The molecule has 0 aliphatic rings. The fourth-order valence-electron chi connectivity index (χ4n) is 2.13. The standard InChI is InChI=1S/C17H14Cl2N6O/c18-10-4-3-5-11(8-10)23-15-14(20)16(22-9-21-15)24-25-17(26)12-6-1-2-7-13(12)19/h1-9H,20H2,(H,25,26)(H2,21,22,23,24). The largest absolute Gasteiger partial charge is 0.393 e. The highest BCUT2D eigenvalue weighted by molar-refractivity contribution is 6.33. The first kappa shape index (κ1) is 17.8. The molecule has 0 atom stereocenters. The molecule has 0 bridgehead atoms. The fourth-order valence-corrected chi connectivity index (χ4v) is 2.54. The van der Waals surface area contributed by atoms with Crippen LogP contribution in [-0.4, -0.2) is 15.9 Å². The molecule has 0 aliphatic heterocycles. The zero-order chi connectivity index (χ0) is 18.5. The quantitative estimate of drug-likeness (QED) is 0.494. The molecule has 0 saturated carbocycles. The maximum Gasteiger partial charge on any atom is 0.271 e. The van der Waals surface area contributed by atoms with E-state index in [4.69, 9.17) is 28.9 Å². The van der Waals surface area contributed by atoms with E-state index in [1.165, 1.54) is 6.33 Å². The molecule has 0 radical (unpaired) electrons. The second-order valence-corrected chi connectivity index (χ2v) is 6.02. The minimum Gasteiger partial charge on any atom is -0.393 e. The Bertz CT molecular complexity index is 950. The molecule has 1 aromatic heterocycles. The number of halogens is 2. The van der Waals surface area contributed by atoms with Crippen molar-refractivity contribution in [1.29, 1.82) is 0 Å². The lowest BCUT2D eigenvalue weighted by molar-refractivity contribution is 0.0962. The van der Waals surface area contributed by atoms with Gasteiger partial charge < -0.3 is 11.1 Å². The second-order valence-electron chi connectivity index (χ2n) is 5.18. The molecule has 7 nitrogen and oxygen atoms in total. The Morgan fingerprint density at radius 3 is 2.54 bits per heavy atom. The number of amides is 1. The van der Waals surface area contributed by atoms with Crippen LogP contribution in [0.25, 0.3) is 0 Å². The number of hydrazine groups is 1. The first-order chi connectivity index (χ1) is 12.5. The molecule has 1 amide bonds. The van der Waals surface area contributed by atoms with E-state index in [1.807, 2.05) is 6.07 Å². The van der Waals surface area contributed by atoms with Gasteiger partial charge in [0.05, 0.1) is 10.6 Å². The van der Waals surface area contributed by atoms with E-state index in [9.17, 15) is 4.79 Å². The predicted octanol–water partition coefficient (Wildman–Crippen LogP) is 3.87. The Balaban J connectivity index is 1.73.